The first-order chi connectivity index (χ1) is 5.09. The maximum absolute atomic E-state index is 12.4. The summed E-state index contributed by atoms with van der Waals surface area (Å²) in [5, 5.41) is 8.12. The smallest absolute Gasteiger partial charge is 0.339 e. The zero-order valence-electron chi connectivity index (χ0n) is 5.20. The number of hydrogen-bond acceptors (Lipinski definition) is 3. The van der Waals surface area contributed by atoms with Gasteiger partial charge in [-0.2, -0.15) is 0 Å². The summed E-state index contributed by atoms with van der Waals surface area (Å²) in [4.78, 5) is 20.2. The van der Waals surface area contributed by atoms with Crippen LogP contribution in [0.4, 0.5) is 4.39 Å². The van der Waals surface area contributed by atoms with Gasteiger partial charge in [-0.3, -0.25) is 0 Å². The summed E-state index contributed by atoms with van der Waals surface area (Å²) in [7, 11) is 0. The minimum absolute atomic E-state index is 0.483. The Bertz CT molecular complexity index is 276. The number of cyclic esters (lactones) is 1. The molecule has 0 saturated heterocycles. The van der Waals surface area contributed by atoms with E-state index in [1.54, 1.807) is 0 Å². The van der Waals surface area contributed by atoms with Gasteiger partial charge < -0.3 is 9.84 Å². The molecule has 0 aliphatic carbocycles. The normalized spacial score (nSPS) is 19.9. The molecule has 1 rings (SSSR count). The van der Waals surface area contributed by atoms with E-state index in [9.17, 15) is 14.0 Å². The Morgan fingerprint density at radius 2 is 2.36 bits per heavy atom. The van der Waals surface area contributed by atoms with Crippen molar-refractivity contribution < 1.29 is 23.8 Å². The first kappa shape index (κ1) is 7.46. The summed E-state index contributed by atoms with van der Waals surface area (Å²) in [6.07, 6.45) is 1.06. The fourth-order valence-electron chi connectivity index (χ4n) is 0.572. The molecule has 0 aromatic rings. The van der Waals surface area contributed by atoms with Gasteiger partial charge in [0.2, 0.25) is 0 Å². The zero-order valence-corrected chi connectivity index (χ0v) is 5.20. The molecular formula is C6H3FO4. The van der Waals surface area contributed by atoms with Gasteiger partial charge in [0.1, 0.15) is 0 Å². The molecule has 0 saturated carbocycles. The number of halogens is 1. The molecule has 4 nitrogen and oxygen atoms in total. The average Bonchev–Trinajstić information content (AvgIpc) is 2.09. The van der Waals surface area contributed by atoms with Gasteiger partial charge in [-0.15, -0.1) is 0 Å². The molecule has 0 spiro atoms. The second kappa shape index (κ2) is 2.53. The van der Waals surface area contributed by atoms with Gasteiger partial charge in [0.25, 0.3) is 0 Å². The molecular weight excluding hydrogens is 155 g/mol. The molecule has 11 heavy (non-hydrogen) atoms. The van der Waals surface area contributed by atoms with Crippen molar-refractivity contribution >= 4 is 11.9 Å². The third-order valence-corrected chi connectivity index (χ3v) is 0.945. The van der Waals surface area contributed by atoms with E-state index in [1.807, 2.05) is 0 Å². The van der Waals surface area contributed by atoms with Crippen molar-refractivity contribution in [3.63, 3.8) is 0 Å². The van der Waals surface area contributed by atoms with Crippen molar-refractivity contribution in [2.24, 2.45) is 0 Å². The third-order valence-electron chi connectivity index (χ3n) is 0.945. The summed E-state index contributed by atoms with van der Waals surface area (Å²) in [5.41, 5.74) is 0. The monoisotopic (exact) mass is 158 g/mol. The lowest BCUT2D eigenvalue weighted by Gasteiger charge is -1.92. The van der Waals surface area contributed by atoms with Crippen LogP contribution in [0.25, 0.3) is 0 Å². The average molecular weight is 158 g/mol. The Morgan fingerprint density at radius 1 is 1.73 bits per heavy atom. The molecule has 0 unspecified atom stereocenters. The van der Waals surface area contributed by atoms with Crippen LogP contribution in [-0.4, -0.2) is 17.0 Å². The highest BCUT2D eigenvalue weighted by Crippen LogP contribution is 2.19. The molecule has 1 aliphatic rings. The fourth-order valence-corrected chi connectivity index (χ4v) is 0.572. The predicted molar refractivity (Wildman–Crippen MR) is 31.0 cm³/mol. The molecule has 0 atom stereocenters. The first-order valence-corrected chi connectivity index (χ1v) is 2.63. The minimum Gasteiger partial charge on any atom is -0.478 e. The Balaban J connectivity index is 2.87. The van der Waals surface area contributed by atoms with Crippen LogP contribution in [0.3, 0.4) is 0 Å². The van der Waals surface area contributed by atoms with E-state index < -0.39 is 23.5 Å². The Hall–Kier alpha value is -1.65. The van der Waals surface area contributed by atoms with Gasteiger partial charge in [-0.25, -0.2) is 14.0 Å². The van der Waals surface area contributed by atoms with E-state index in [4.69, 9.17) is 5.11 Å². The van der Waals surface area contributed by atoms with Crippen LogP contribution >= 0.6 is 0 Å². The van der Waals surface area contributed by atoms with Gasteiger partial charge in [-0.1, -0.05) is 0 Å². The van der Waals surface area contributed by atoms with E-state index in [0.717, 1.165) is 0 Å². The van der Waals surface area contributed by atoms with Crippen LogP contribution in [0.2, 0.25) is 0 Å². The van der Waals surface area contributed by atoms with Gasteiger partial charge in [-0.05, 0) is 0 Å². The van der Waals surface area contributed by atoms with E-state index in [1.165, 1.54) is 0 Å². The number of carboxylic acids is 1. The van der Waals surface area contributed by atoms with E-state index in [0.29, 0.717) is 12.2 Å². The van der Waals surface area contributed by atoms with Crippen molar-refractivity contribution in [1.82, 2.24) is 0 Å². The van der Waals surface area contributed by atoms with Gasteiger partial charge in [0, 0.05) is 0 Å². The number of carbonyl (C=O) groups is 2. The van der Waals surface area contributed by atoms with Crippen LogP contribution in [0.15, 0.2) is 23.7 Å². The highest BCUT2D eigenvalue weighted by Gasteiger charge is 2.20. The van der Waals surface area contributed by atoms with Gasteiger partial charge >= 0.3 is 11.9 Å². The number of allylic oxidation sites excluding steroid dienone is 1. The minimum atomic E-state index is -1.36. The number of esters is 1. The molecule has 1 aliphatic heterocycles. The van der Waals surface area contributed by atoms with E-state index in [2.05, 4.69) is 4.74 Å². The lowest BCUT2D eigenvalue weighted by molar-refractivity contribution is -0.132. The summed E-state index contributed by atoms with van der Waals surface area (Å²) < 4.78 is 16.5. The molecule has 58 valence electrons. The predicted octanol–water partition coefficient (Wildman–Crippen LogP) is 0.365. The lowest BCUT2D eigenvalue weighted by atomic mass is 10.4. The number of aliphatic carboxylic acids is 1. The van der Waals surface area contributed by atoms with Crippen LogP contribution < -0.4 is 0 Å². The summed E-state index contributed by atoms with van der Waals surface area (Å²) in [5.74, 6) is -3.77. The topological polar surface area (TPSA) is 63.6 Å². The largest absolute Gasteiger partial charge is 0.478 e. The Labute approximate surface area is 60.6 Å². The molecule has 0 amide bonds. The number of hydrogen-bond donors (Lipinski definition) is 1. The SMILES string of the molecule is O=C(O)/C=C1/OC(=O)C=C1F. The second-order valence-electron chi connectivity index (χ2n) is 1.76. The molecule has 1 heterocycles. The number of ether oxygens (including phenoxy) is 1. The number of carbonyl (C=O) groups excluding carboxylic acids is 1. The Morgan fingerprint density at radius 3 is 2.73 bits per heavy atom. The number of rotatable bonds is 1. The second-order valence-corrected chi connectivity index (χ2v) is 1.76. The van der Waals surface area contributed by atoms with Crippen molar-refractivity contribution in [2.75, 3.05) is 0 Å². The van der Waals surface area contributed by atoms with Crippen molar-refractivity contribution in [3.8, 4) is 0 Å². The molecule has 5 heteroatoms. The van der Waals surface area contributed by atoms with Crippen molar-refractivity contribution in [1.29, 1.82) is 0 Å². The summed E-state index contributed by atoms with van der Waals surface area (Å²) in [6, 6.07) is 0. The lowest BCUT2D eigenvalue weighted by Crippen LogP contribution is -1.95. The van der Waals surface area contributed by atoms with Crippen LogP contribution in [0.1, 0.15) is 0 Å². The van der Waals surface area contributed by atoms with Crippen LogP contribution in [0.5, 0.6) is 0 Å². The molecule has 0 aromatic heterocycles. The van der Waals surface area contributed by atoms with E-state index >= 15 is 0 Å². The van der Waals surface area contributed by atoms with Crippen LogP contribution in [-0.2, 0) is 14.3 Å². The summed E-state index contributed by atoms with van der Waals surface area (Å²) in [6.45, 7) is 0. The van der Waals surface area contributed by atoms with Crippen molar-refractivity contribution in [2.45, 2.75) is 0 Å². The third kappa shape index (κ3) is 1.64. The molecule has 0 aromatic carbocycles. The molecule has 1 N–H and O–H groups in total. The fraction of sp³-hybridized carbons (Fsp3) is 0. The molecule has 0 fully saturated rings. The molecule has 0 bridgehead atoms. The number of carboxylic acid groups (broad SMARTS) is 1. The highest BCUT2D eigenvalue weighted by molar-refractivity contribution is 5.90. The maximum Gasteiger partial charge on any atom is 0.339 e. The standard InChI is InChI=1S/C6H3FO4/c7-3-1-6(10)11-4(3)2-5(8)9/h1-2H,(H,8,9)/b4-2+. The van der Waals surface area contributed by atoms with Gasteiger partial charge in [0.05, 0.1) is 12.2 Å². The van der Waals surface area contributed by atoms with Crippen LogP contribution in [0, 0.1) is 0 Å². The first-order valence-electron chi connectivity index (χ1n) is 2.63. The summed E-state index contributed by atoms with van der Waals surface area (Å²) >= 11 is 0. The highest BCUT2D eigenvalue weighted by atomic mass is 19.1. The van der Waals surface area contributed by atoms with E-state index in [-0.39, 0.29) is 0 Å². The quantitative estimate of drug-likeness (QED) is 0.442. The zero-order chi connectivity index (χ0) is 8.43. The maximum atomic E-state index is 12.4. The van der Waals surface area contributed by atoms with Crippen molar-refractivity contribution in [3.05, 3.63) is 23.7 Å². The Kier molecular flexibility index (Phi) is 1.72. The van der Waals surface area contributed by atoms with Gasteiger partial charge in [0.15, 0.2) is 11.6 Å². The molecule has 0 radical (unpaired) electrons.